The molecule has 0 amide bonds. The van der Waals surface area contributed by atoms with Crippen LogP contribution in [-0.4, -0.2) is 4.98 Å². The van der Waals surface area contributed by atoms with Crippen molar-refractivity contribution in [2.45, 2.75) is 6.54 Å². The first kappa shape index (κ1) is 11.8. The molecule has 2 aromatic rings. The summed E-state index contributed by atoms with van der Waals surface area (Å²) in [6.07, 6.45) is 2.57. The third-order valence-corrected chi connectivity index (χ3v) is 2.44. The fourth-order valence-electron chi connectivity index (χ4n) is 1.37. The average molecular weight is 255 g/mol. The van der Waals surface area contributed by atoms with Gasteiger partial charge in [-0.05, 0) is 12.1 Å². The van der Waals surface area contributed by atoms with E-state index in [4.69, 9.17) is 11.6 Å². The van der Waals surface area contributed by atoms with Crippen LogP contribution in [0.1, 0.15) is 5.56 Å². The van der Waals surface area contributed by atoms with Crippen molar-refractivity contribution in [1.29, 1.82) is 0 Å². The number of anilines is 1. The largest absolute Gasteiger partial charge is 0.380 e. The van der Waals surface area contributed by atoms with Gasteiger partial charge >= 0.3 is 0 Å². The minimum absolute atomic E-state index is 0.244. The van der Waals surface area contributed by atoms with Crippen LogP contribution < -0.4 is 5.32 Å². The third kappa shape index (κ3) is 3.14. The molecule has 0 radical (unpaired) electrons. The number of halogens is 3. The number of rotatable bonds is 3. The summed E-state index contributed by atoms with van der Waals surface area (Å²) in [4.78, 5) is 3.68. The Bertz CT molecular complexity index is 532. The van der Waals surface area contributed by atoms with Gasteiger partial charge in [0.15, 0.2) is 0 Å². The van der Waals surface area contributed by atoms with Gasteiger partial charge in [-0.1, -0.05) is 17.7 Å². The monoisotopic (exact) mass is 254 g/mol. The van der Waals surface area contributed by atoms with Crippen LogP contribution >= 0.6 is 11.6 Å². The molecule has 5 heteroatoms. The van der Waals surface area contributed by atoms with Crippen molar-refractivity contribution in [2.75, 3.05) is 5.32 Å². The summed E-state index contributed by atoms with van der Waals surface area (Å²) in [7, 11) is 0. The van der Waals surface area contributed by atoms with Gasteiger partial charge in [0.2, 0.25) is 0 Å². The Morgan fingerprint density at radius 2 is 2.00 bits per heavy atom. The second-order valence-corrected chi connectivity index (χ2v) is 3.92. The Labute approximate surface area is 102 Å². The highest BCUT2D eigenvalue weighted by Crippen LogP contribution is 2.16. The van der Waals surface area contributed by atoms with E-state index in [1.807, 2.05) is 0 Å². The Balaban J connectivity index is 2.07. The van der Waals surface area contributed by atoms with E-state index in [0.717, 1.165) is 6.20 Å². The molecule has 0 saturated heterocycles. The summed E-state index contributed by atoms with van der Waals surface area (Å²) in [6.45, 7) is 0.244. The van der Waals surface area contributed by atoms with E-state index < -0.39 is 11.6 Å². The van der Waals surface area contributed by atoms with Crippen molar-refractivity contribution in [3.05, 3.63) is 58.9 Å². The second kappa shape index (κ2) is 5.10. The number of aromatic nitrogens is 1. The van der Waals surface area contributed by atoms with Crippen LogP contribution in [0.5, 0.6) is 0 Å². The van der Waals surface area contributed by atoms with Crippen molar-refractivity contribution >= 4 is 17.3 Å². The molecule has 0 fully saturated rings. The van der Waals surface area contributed by atoms with Gasteiger partial charge in [0.1, 0.15) is 11.6 Å². The van der Waals surface area contributed by atoms with Crippen LogP contribution in [0, 0.1) is 11.6 Å². The highest BCUT2D eigenvalue weighted by atomic mass is 35.5. The van der Waals surface area contributed by atoms with Gasteiger partial charge in [-0.2, -0.15) is 0 Å². The molecular weight excluding hydrogens is 246 g/mol. The molecule has 0 aliphatic heterocycles. The van der Waals surface area contributed by atoms with Crippen LogP contribution in [0.2, 0.25) is 5.02 Å². The molecule has 0 aliphatic carbocycles. The molecule has 0 aliphatic rings. The standard InChI is InChI=1S/C12H9ClF2N2/c13-9-2-1-8(12(15)3-9)5-17-11-4-10(14)6-16-7-11/h1-4,6-7,17H,5H2. The van der Waals surface area contributed by atoms with Gasteiger partial charge in [0, 0.05) is 23.2 Å². The minimum atomic E-state index is -0.438. The van der Waals surface area contributed by atoms with Crippen LogP contribution in [0.25, 0.3) is 0 Å². The van der Waals surface area contributed by atoms with Crippen molar-refractivity contribution in [1.82, 2.24) is 4.98 Å². The number of pyridine rings is 1. The normalized spacial score (nSPS) is 10.3. The number of nitrogens with one attached hydrogen (secondary N) is 1. The minimum Gasteiger partial charge on any atom is -0.380 e. The van der Waals surface area contributed by atoms with Crippen LogP contribution in [0.4, 0.5) is 14.5 Å². The summed E-state index contributed by atoms with van der Waals surface area (Å²) in [5.74, 6) is -0.832. The first-order valence-electron chi connectivity index (χ1n) is 4.93. The van der Waals surface area contributed by atoms with Gasteiger partial charge in [-0.25, -0.2) is 8.78 Å². The molecule has 2 rings (SSSR count). The number of nitrogens with zero attached hydrogens (tertiary/aromatic N) is 1. The summed E-state index contributed by atoms with van der Waals surface area (Å²) in [5, 5.41) is 3.22. The molecule has 0 spiro atoms. The number of hydrogen-bond acceptors (Lipinski definition) is 2. The molecule has 0 bridgehead atoms. The first-order valence-corrected chi connectivity index (χ1v) is 5.31. The average Bonchev–Trinajstić information content (AvgIpc) is 2.28. The Morgan fingerprint density at radius 1 is 1.18 bits per heavy atom. The molecule has 0 unspecified atom stereocenters. The maximum atomic E-state index is 13.4. The zero-order valence-electron chi connectivity index (χ0n) is 8.75. The van der Waals surface area contributed by atoms with E-state index in [1.54, 1.807) is 12.1 Å². The van der Waals surface area contributed by atoms with E-state index in [2.05, 4.69) is 10.3 Å². The molecule has 1 aromatic carbocycles. The van der Waals surface area contributed by atoms with Crippen molar-refractivity contribution in [2.24, 2.45) is 0 Å². The van der Waals surface area contributed by atoms with Gasteiger partial charge in [-0.15, -0.1) is 0 Å². The van der Waals surface area contributed by atoms with E-state index in [-0.39, 0.29) is 6.54 Å². The summed E-state index contributed by atoms with van der Waals surface area (Å²) < 4.78 is 26.2. The second-order valence-electron chi connectivity index (χ2n) is 3.48. The van der Waals surface area contributed by atoms with Crippen LogP contribution in [-0.2, 0) is 6.54 Å². The molecule has 17 heavy (non-hydrogen) atoms. The maximum absolute atomic E-state index is 13.4. The molecule has 1 heterocycles. The highest BCUT2D eigenvalue weighted by Gasteiger charge is 2.03. The lowest BCUT2D eigenvalue weighted by Gasteiger charge is -2.07. The zero-order valence-corrected chi connectivity index (χ0v) is 9.51. The fourth-order valence-corrected chi connectivity index (χ4v) is 1.53. The van der Waals surface area contributed by atoms with E-state index >= 15 is 0 Å². The zero-order chi connectivity index (χ0) is 12.3. The Morgan fingerprint density at radius 3 is 2.71 bits per heavy atom. The molecule has 1 N–H and O–H groups in total. The molecule has 1 aromatic heterocycles. The summed E-state index contributed by atoms with van der Waals surface area (Å²) in [5.41, 5.74) is 0.956. The molecule has 88 valence electrons. The topological polar surface area (TPSA) is 24.9 Å². The van der Waals surface area contributed by atoms with Crippen molar-refractivity contribution < 1.29 is 8.78 Å². The number of benzene rings is 1. The smallest absolute Gasteiger partial charge is 0.143 e. The molecule has 0 saturated carbocycles. The van der Waals surface area contributed by atoms with Crippen LogP contribution in [0.3, 0.4) is 0 Å². The number of hydrogen-bond donors (Lipinski definition) is 1. The van der Waals surface area contributed by atoms with Gasteiger partial charge in [0.05, 0.1) is 18.1 Å². The molecular formula is C12H9ClF2N2. The van der Waals surface area contributed by atoms with Crippen LogP contribution in [0.15, 0.2) is 36.7 Å². The quantitative estimate of drug-likeness (QED) is 0.905. The van der Waals surface area contributed by atoms with Crippen molar-refractivity contribution in [3.8, 4) is 0 Å². The molecule has 2 nitrogen and oxygen atoms in total. The predicted octanol–water partition coefficient (Wildman–Crippen LogP) is 3.63. The third-order valence-electron chi connectivity index (χ3n) is 2.20. The summed E-state index contributed by atoms with van der Waals surface area (Å²) >= 11 is 5.63. The maximum Gasteiger partial charge on any atom is 0.143 e. The van der Waals surface area contributed by atoms with Crippen molar-refractivity contribution in [3.63, 3.8) is 0 Å². The van der Waals surface area contributed by atoms with Gasteiger partial charge in [-0.3, -0.25) is 4.98 Å². The first-order chi connectivity index (χ1) is 8.15. The van der Waals surface area contributed by atoms with E-state index in [0.29, 0.717) is 16.3 Å². The highest BCUT2D eigenvalue weighted by molar-refractivity contribution is 6.30. The predicted molar refractivity (Wildman–Crippen MR) is 62.9 cm³/mol. The van der Waals surface area contributed by atoms with E-state index in [1.165, 1.54) is 18.3 Å². The SMILES string of the molecule is Fc1cncc(NCc2ccc(Cl)cc2F)c1. The Hall–Kier alpha value is -1.68. The lowest BCUT2D eigenvalue weighted by molar-refractivity contribution is 0.612. The Kier molecular flexibility index (Phi) is 3.54. The fraction of sp³-hybridized carbons (Fsp3) is 0.0833. The van der Waals surface area contributed by atoms with Gasteiger partial charge < -0.3 is 5.32 Å². The summed E-state index contributed by atoms with van der Waals surface area (Å²) in [6, 6.07) is 5.71. The lowest BCUT2D eigenvalue weighted by Crippen LogP contribution is -2.02. The molecule has 0 atom stereocenters. The van der Waals surface area contributed by atoms with E-state index in [9.17, 15) is 8.78 Å². The lowest BCUT2D eigenvalue weighted by atomic mass is 10.2. The van der Waals surface area contributed by atoms with Gasteiger partial charge in [0.25, 0.3) is 0 Å².